The van der Waals surface area contributed by atoms with Crippen LogP contribution in [0.2, 0.25) is 0 Å². The van der Waals surface area contributed by atoms with Crippen LogP contribution in [0.15, 0.2) is 58.1 Å². The van der Waals surface area contributed by atoms with Crippen LogP contribution in [-0.4, -0.2) is 44.0 Å². The number of hydrogen-bond acceptors (Lipinski definition) is 4. The number of hydrogen-bond donors (Lipinski definition) is 1. The molecule has 1 saturated heterocycles. The quantitative estimate of drug-likeness (QED) is 0.691. The number of methoxy groups -OCH3 is 1. The maximum Gasteiger partial charge on any atom is 0.0660 e. The first-order valence-electron chi connectivity index (χ1n) is 9.80. The second kappa shape index (κ2) is 9.03. The maximum absolute atomic E-state index is 5.36. The summed E-state index contributed by atoms with van der Waals surface area (Å²) in [5.41, 5.74) is 6.03. The molecule has 2 aromatic rings. The van der Waals surface area contributed by atoms with Gasteiger partial charge in [0.25, 0.3) is 0 Å². The van der Waals surface area contributed by atoms with E-state index in [0.717, 1.165) is 35.4 Å². The van der Waals surface area contributed by atoms with Gasteiger partial charge < -0.3 is 10.1 Å². The molecule has 2 aliphatic rings. The van der Waals surface area contributed by atoms with E-state index in [1.165, 1.54) is 29.5 Å². The second-order valence-corrected chi connectivity index (χ2v) is 8.35. The highest BCUT2D eigenvalue weighted by Crippen LogP contribution is 2.26. The number of nitrogens with one attached hydrogen (secondary N) is 1. The molecule has 0 aromatic heterocycles. The summed E-state index contributed by atoms with van der Waals surface area (Å²) in [6.07, 6.45) is 6.53. The molecule has 4 nitrogen and oxygen atoms in total. The van der Waals surface area contributed by atoms with Gasteiger partial charge in [0.15, 0.2) is 0 Å². The van der Waals surface area contributed by atoms with E-state index < -0.39 is 0 Å². The van der Waals surface area contributed by atoms with E-state index in [0.29, 0.717) is 12.6 Å². The zero-order valence-electron chi connectivity index (χ0n) is 16.2. The average molecular weight is 440 g/mol. The predicted molar refractivity (Wildman–Crippen MR) is 120 cm³/mol. The number of fused-ring (bicyclic) bond motifs is 1. The van der Waals surface area contributed by atoms with Crippen molar-refractivity contribution in [3.63, 3.8) is 0 Å². The van der Waals surface area contributed by atoms with Gasteiger partial charge >= 0.3 is 0 Å². The predicted octanol–water partition coefficient (Wildman–Crippen LogP) is 4.95. The minimum Gasteiger partial charge on any atom is -0.383 e. The number of benzene rings is 2. The first-order chi connectivity index (χ1) is 13.7. The van der Waals surface area contributed by atoms with Gasteiger partial charge in [-0.1, -0.05) is 34.1 Å². The van der Waals surface area contributed by atoms with E-state index in [-0.39, 0.29) is 0 Å². The molecule has 2 aromatic carbocycles. The summed E-state index contributed by atoms with van der Waals surface area (Å²) < 4.78 is 6.45. The number of nitrogens with zero attached hydrogens (tertiary/aromatic N) is 2. The van der Waals surface area contributed by atoms with Crippen LogP contribution in [-0.2, 0) is 11.3 Å². The molecule has 0 bridgehead atoms. The molecule has 1 fully saturated rings. The van der Waals surface area contributed by atoms with Crippen LogP contribution in [0.3, 0.4) is 0 Å². The van der Waals surface area contributed by atoms with Crippen molar-refractivity contribution in [2.45, 2.75) is 25.4 Å². The van der Waals surface area contributed by atoms with Crippen LogP contribution in [0.5, 0.6) is 0 Å². The van der Waals surface area contributed by atoms with Crippen LogP contribution in [0.25, 0.3) is 5.57 Å². The molecular formula is C23H26BrN3O. The molecular weight excluding hydrogens is 414 g/mol. The molecule has 2 aliphatic heterocycles. The standard InChI is InChI=1S/C23H26BrN3O/c1-28-16-22-3-2-10-27(22)15-17-4-8-21(9-5-17)26-14-19-13-25-12-18-6-7-20(24)11-23(18)19/h4-9,11-12,14,22,26H,2-3,10,13,15-16H2,1H3/b19-14+/t22-/m0/s1. The van der Waals surface area contributed by atoms with Crippen LogP contribution in [0.1, 0.15) is 29.5 Å². The Kier molecular flexibility index (Phi) is 6.25. The third kappa shape index (κ3) is 4.54. The maximum atomic E-state index is 5.36. The topological polar surface area (TPSA) is 36.9 Å². The van der Waals surface area contributed by atoms with E-state index in [1.807, 2.05) is 6.21 Å². The number of ether oxygens (including phenoxy) is 1. The minimum atomic E-state index is 0.554. The van der Waals surface area contributed by atoms with Crippen molar-refractivity contribution in [1.82, 2.24) is 4.90 Å². The summed E-state index contributed by atoms with van der Waals surface area (Å²) in [5.74, 6) is 0. The van der Waals surface area contributed by atoms with Crippen molar-refractivity contribution < 1.29 is 4.74 Å². The van der Waals surface area contributed by atoms with Crippen molar-refractivity contribution in [3.05, 3.63) is 69.8 Å². The van der Waals surface area contributed by atoms with E-state index in [2.05, 4.69) is 79.8 Å². The number of likely N-dealkylation sites (tertiary alicyclic amines) is 1. The number of halogens is 1. The summed E-state index contributed by atoms with van der Waals surface area (Å²) >= 11 is 3.57. The van der Waals surface area contributed by atoms with Crippen molar-refractivity contribution in [2.75, 3.05) is 32.1 Å². The first-order valence-corrected chi connectivity index (χ1v) is 10.6. The van der Waals surface area contributed by atoms with E-state index in [9.17, 15) is 0 Å². The summed E-state index contributed by atoms with van der Waals surface area (Å²) in [4.78, 5) is 7.00. The Morgan fingerprint density at radius 2 is 2.11 bits per heavy atom. The van der Waals surface area contributed by atoms with Crippen molar-refractivity contribution in [1.29, 1.82) is 0 Å². The lowest BCUT2D eigenvalue weighted by Crippen LogP contribution is -2.32. The van der Waals surface area contributed by atoms with Gasteiger partial charge in [-0.05, 0) is 65.9 Å². The Balaban J connectivity index is 1.41. The summed E-state index contributed by atoms with van der Waals surface area (Å²) in [6.45, 7) is 3.68. The SMILES string of the molecule is COC[C@@H]1CCCN1Cc1ccc(N/C=C2\CN=Cc3ccc(Br)cc32)cc1. The Hall–Kier alpha value is -1.95. The Morgan fingerprint density at radius 3 is 2.93 bits per heavy atom. The van der Waals surface area contributed by atoms with Gasteiger partial charge in [0.2, 0.25) is 0 Å². The van der Waals surface area contributed by atoms with Gasteiger partial charge in [0.05, 0.1) is 13.2 Å². The Morgan fingerprint density at radius 1 is 1.25 bits per heavy atom. The molecule has 2 heterocycles. The van der Waals surface area contributed by atoms with Crippen LogP contribution in [0.4, 0.5) is 5.69 Å². The zero-order chi connectivity index (χ0) is 19.3. The van der Waals surface area contributed by atoms with Crippen molar-refractivity contribution >= 4 is 33.4 Å². The van der Waals surface area contributed by atoms with Gasteiger partial charge in [-0.25, -0.2) is 0 Å². The van der Waals surface area contributed by atoms with E-state index in [1.54, 1.807) is 7.11 Å². The molecule has 0 saturated carbocycles. The van der Waals surface area contributed by atoms with Crippen LogP contribution < -0.4 is 5.32 Å². The number of rotatable bonds is 6. The molecule has 0 unspecified atom stereocenters. The highest BCUT2D eigenvalue weighted by Gasteiger charge is 2.24. The molecule has 0 amide bonds. The van der Waals surface area contributed by atoms with Crippen LogP contribution in [0, 0.1) is 0 Å². The zero-order valence-corrected chi connectivity index (χ0v) is 17.8. The molecule has 146 valence electrons. The summed E-state index contributed by atoms with van der Waals surface area (Å²) in [5, 5.41) is 3.44. The Bertz CT molecular complexity index is 876. The van der Waals surface area contributed by atoms with Gasteiger partial charge in [-0.3, -0.25) is 9.89 Å². The highest BCUT2D eigenvalue weighted by molar-refractivity contribution is 9.10. The fourth-order valence-electron chi connectivity index (χ4n) is 3.97. The second-order valence-electron chi connectivity index (χ2n) is 7.43. The lowest BCUT2D eigenvalue weighted by Gasteiger charge is -2.23. The van der Waals surface area contributed by atoms with Gasteiger partial charge in [-0.15, -0.1) is 0 Å². The van der Waals surface area contributed by atoms with E-state index >= 15 is 0 Å². The largest absolute Gasteiger partial charge is 0.383 e. The molecule has 1 N–H and O–H groups in total. The lowest BCUT2D eigenvalue weighted by atomic mass is 9.99. The molecule has 28 heavy (non-hydrogen) atoms. The minimum absolute atomic E-state index is 0.554. The fourth-order valence-corrected chi connectivity index (χ4v) is 4.33. The monoisotopic (exact) mass is 439 g/mol. The van der Waals surface area contributed by atoms with Gasteiger partial charge in [-0.2, -0.15) is 0 Å². The van der Waals surface area contributed by atoms with Crippen LogP contribution >= 0.6 is 15.9 Å². The first kappa shape index (κ1) is 19.4. The Labute approximate surface area is 175 Å². The fraction of sp³-hybridized carbons (Fsp3) is 0.348. The molecule has 0 aliphatic carbocycles. The van der Waals surface area contributed by atoms with Gasteiger partial charge in [0.1, 0.15) is 0 Å². The molecule has 1 atom stereocenters. The summed E-state index contributed by atoms with van der Waals surface area (Å²) in [7, 11) is 1.79. The highest BCUT2D eigenvalue weighted by atomic mass is 79.9. The van der Waals surface area contributed by atoms with Gasteiger partial charge in [0, 0.05) is 42.3 Å². The lowest BCUT2D eigenvalue weighted by molar-refractivity contribution is 0.112. The third-order valence-electron chi connectivity index (χ3n) is 5.46. The molecule has 4 rings (SSSR count). The number of anilines is 1. The molecule has 0 spiro atoms. The summed E-state index contributed by atoms with van der Waals surface area (Å²) in [6, 6.07) is 15.6. The smallest absolute Gasteiger partial charge is 0.0660 e. The molecule has 5 heteroatoms. The van der Waals surface area contributed by atoms with Crippen molar-refractivity contribution in [3.8, 4) is 0 Å². The van der Waals surface area contributed by atoms with E-state index in [4.69, 9.17) is 4.74 Å². The average Bonchev–Trinajstić information content (AvgIpc) is 3.14. The van der Waals surface area contributed by atoms with Crippen molar-refractivity contribution in [2.24, 2.45) is 4.99 Å². The molecule has 0 radical (unpaired) electrons. The number of aliphatic imine (C=N–C) groups is 1. The third-order valence-corrected chi connectivity index (χ3v) is 5.96. The normalized spacial score (nSPS) is 20.5.